The van der Waals surface area contributed by atoms with Crippen molar-refractivity contribution in [3.05, 3.63) is 28.8 Å². The van der Waals surface area contributed by atoms with Crippen LogP contribution in [0.4, 0.5) is 0 Å². The second-order valence-electron chi connectivity index (χ2n) is 4.49. The maximum absolute atomic E-state index is 12.4. The summed E-state index contributed by atoms with van der Waals surface area (Å²) in [4.78, 5) is 13.4. The van der Waals surface area contributed by atoms with Crippen LogP contribution >= 0.6 is 23.4 Å². The second-order valence-corrected chi connectivity index (χ2v) is 5.78. The van der Waals surface area contributed by atoms with E-state index >= 15 is 0 Å². The molecule has 1 amide bonds. The average molecular weight is 301 g/mol. The van der Waals surface area contributed by atoms with Gasteiger partial charge in [-0.2, -0.15) is 0 Å². The number of benzene rings is 1. The van der Waals surface area contributed by atoms with Gasteiger partial charge in [-0.15, -0.1) is 11.8 Å². The maximum Gasteiger partial charge on any atom is 0.253 e. The molecule has 3 N–H and O–H groups in total. The van der Waals surface area contributed by atoms with Gasteiger partial charge in [0.15, 0.2) is 0 Å². The molecular weight excluding hydrogens is 280 g/mol. The van der Waals surface area contributed by atoms with Gasteiger partial charge in [0, 0.05) is 11.4 Å². The van der Waals surface area contributed by atoms with Crippen molar-refractivity contribution in [3.8, 4) is 0 Å². The molecule has 19 heavy (non-hydrogen) atoms. The third kappa shape index (κ3) is 3.88. The standard InChI is InChI=1S/C14H21ClN2OS/c1-4-14(5-2,9-16)17-13(18)11-8-10(19-3)6-7-12(11)15/h6-8H,4-5,9,16H2,1-3H3,(H,17,18). The van der Waals surface area contributed by atoms with Gasteiger partial charge in [-0.05, 0) is 37.3 Å². The molecule has 0 atom stereocenters. The molecule has 1 aromatic rings. The third-order valence-corrected chi connectivity index (χ3v) is 4.60. The minimum Gasteiger partial charge on any atom is -0.345 e. The monoisotopic (exact) mass is 300 g/mol. The fourth-order valence-corrected chi connectivity index (χ4v) is 2.52. The van der Waals surface area contributed by atoms with E-state index < -0.39 is 0 Å². The Kier molecular flexibility index (Phi) is 6.17. The van der Waals surface area contributed by atoms with E-state index in [1.165, 1.54) is 0 Å². The summed E-state index contributed by atoms with van der Waals surface area (Å²) in [5, 5.41) is 3.50. The van der Waals surface area contributed by atoms with Gasteiger partial charge in [0.2, 0.25) is 0 Å². The van der Waals surface area contributed by atoms with E-state index in [-0.39, 0.29) is 11.4 Å². The van der Waals surface area contributed by atoms with Crippen LogP contribution in [0.1, 0.15) is 37.0 Å². The lowest BCUT2D eigenvalue weighted by Gasteiger charge is -2.31. The largest absolute Gasteiger partial charge is 0.345 e. The van der Waals surface area contributed by atoms with Crippen molar-refractivity contribution in [2.45, 2.75) is 37.1 Å². The fraction of sp³-hybridized carbons (Fsp3) is 0.500. The number of nitrogens with one attached hydrogen (secondary N) is 1. The number of rotatable bonds is 6. The Morgan fingerprint density at radius 2 is 2.05 bits per heavy atom. The van der Waals surface area contributed by atoms with E-state index in [1.807, 2.05) is 32.2 Å². The number of carbonyl (C=O) groups excluding carboxylic acids is 1. The molecule has 3 nitrogen and oxygen atoms in total. The number of amides is 1. The number of nitrogens with two attached hydrogens (primary N) is 1. The van der Waals surface area contributed by atoms with Gasteiger partial charge in [0.25, 0.3) is 5.91 Å². The lowest BCUT2D eigenvalue weighted by atomic mass is 9.92. The van der Waals surface area contributed by atoms with Crippen molar-refractivity contribution in [2.24, 2.45) is 5.73 Å². The van der Waals surface area contributed by atoms with Crippen LogP contribution in [0.3, 0.4) is 0 Å². The molecule has 0 heterocycles. The minimum atomic E-state index is -0.351. The highest BCUT2D eigenvalue weighted by Gasteiger charge is 2.27. The minimum absolute atomic E-state index is 0.157. The SMILES string of the molecule is CCC(CC)(CN)NC(=O)c1cc(SC)ccc1Cl. The van der Waals surface area contributed by atoms with Crippen molar-refractivity contribution in [1.29, 1.82) is 0 Å². The summed E-state index contributed by atoms with van der Waals surface area (Å²) in [5.41, 5.74) is 5.95. The first-order chi connectivity index (χ1) is 9.01. The molecule has 0 spiro atoms. The zero-order valence-electron chi connectivity index (χ0n) is 11.6. The third-order valence-electron chi connectivity index (χ3n) is 3.54. The van der Waals surface area contributed by atoms with Gasteiger partial charge in [-0.1, -0.05) is 25.4 Å². The zero-order valence-corrected chi connectivity index (χ0v) is 13.2. The first-order valence-corrected chi connectivity index (χ1v) is 7.98. The van der Waals surface area contributed by atoms with E-state index in [1.54, 1.807) is 17.8 Å². The molecule has 0 aliphatic rings. The highest BCUT2D eigenvalue weighted by Crippen LogP contribution is 2.24. The molecule has 5 heteroatoms. The zero-order chi connectivity index (χ0) is 14.5. The van der Waals surface area contributed by atoms with E-state index in [2.05, 4.69) is 5.32 Å². The quantitative estimate of drug-likeness (QED) is 0.793. The Balaban J connectivity index is 3.00. The van der Waals surface area contributed by atoms with Crippen molar-refractivity contribution < 1.29 is 4.79 Å². The Morgan fingerprint density at radius 1 is 1.42 bits per heavy atom. The Labute approximate surface area is 124 Å². The van der Waals surface area contributed by atoms with E-state index in [0.29, 0.717) is 17.1 Å². The average Bonchev–Trinajstić information content (AvgIpc) is 2.45. The molecule has 0 aliphatic heterocycles. The smallest absolute Gasteiger partial charge is 0.253 e. The Bertz CT molecular complexity index is 439. The van der Waals surface area contributed by atoms with Crippen LogP contribution < -0.4 is 11.1 Å². The number of thioether (sulfide) groups is 1. The Hall–Kier alpha value is -0.710. The first kappa shape index (κ1) is 16.3. The molecule has 0 aromatic heterocycles. The predicted molar refractivity (Wildman–Crippen MR) is 83.1 cm³/mol. The van der Waals surface area contributed by atoms with Crippen molar-refractivity contribution in [2.75, 3.05) is 12.8 Å². The van der Waals surface area contributed by atoms with E-state index in [0.717, 1.165) is 17.7 Å². The van der Waals surface area contributed by atoms with Crippen LogP contribution in [-0.4, -0.2) is 24.2 Å². The predicted octanol–water partition coefficient (Wildman–Crippen LogP) is 3.31. The highest BCUT2D eigenvalue weighted by atomic mass is 35.5. The lowest BCUT2D eigenvalue weighted by molar-refractivity contribution is 0.0895. The summed E-state index contributed by atoms with van der Waals surface area (Å²) in [6.45, 7) is 4.47. The van der Waals surface area contributed by atoms with Gasteiger partial charge in [0.1, 0.15) is 0 Å². The van der Waals surface area contributed by atoms with Crippen LogP contribution in [0.25, 0.3) is 0 Å². The van der Waals surface area contributed by atoms with Crippen molar-refractivity contribution >= 4 is 29.3 Å². The highest BCUT2D eigenvalue weighted by molar-refractivity contribution is 7.98. The molecule has 0 saturated carbocycles. The molecule has 1 rings (SSSR count). The molecule has 0 radical (unpaired) electrons. The van der Waals surface area contributed by atoms with E-state index in [9.17, 15) is 4.79 Å². The normalized spacial score (nSPS) is 11.4. The summed E-state index contributed by atoms with van der Waals surface area (Å²) in [6, 6.07) is 5.47. The van der Waals surface area contributed by atoms with Gasteiger partial charge in [-0.3, -0.25) is 4.79 Å². The fourth-order valence-electron chi connectivity index (χ4n) is 1.88. The van der Waals surface area contributed by atoms with Gasteiger partial charge < -0.3 is 11.1 Å². The number of hydrogen-bond acceptors (Lipinski definition) is 3. The first-order valence-electron chi connectivity index (χ1n) is 6.38. The van der Waals surface area contributed by atoms with Crippen molar-refractivity contribution in [1.82, 2.24) is 5.32 Å². The van der Waals surface area contributed by atoms with Gasteiger partial charge >= 0.3 is 0 Å². The summed E-state index contributed by atoms with van der Waals surface area (Å²) >= 11 is 7.69. The van der Waals surface area contributed by atoms with Crippen LogP contribution in [-0.2, 0) is 0 Å². The molecule has 0 unspecified atom stereocenters. The van der Waals surface area contributed by atoms with Gasteiger partial charge in [-0.25, -0.2) is 0 Å². The topological polar surface area (TPSA) is 55.1 Å². The molecule has 106 valence electrons. The number of hydrogen-bond donors (Lipinski definition) is 2. The summed E-state index contributed by atoms with van der Waals surface area (Å²) in [5.74, 6) is -0.157. The maximum atomic E-state index is 12.4. The van der Waals surface area contributed by atoms with Crippen LogP contribution in [0.15, 0.2) is 23.1 Å². The molecule has 0 fully saturated rings. The Morgan fingerprint density at radius 3 is 2.53 bits per heavy atom. The van der Waals surface area contributed by atoms with Crippen LogP contribution in [0.2, 0.25) is 5.02 Å². The molecule has 0 saturated heterocycles. The molecule has 0 bridgehead atoms. The lowest BCUT2D eigenvalue weighted by Crippen LogP contribution is -2.52. The second kappa shape index (κ2) is 7.17. The van der Waals surface area contributed by atoms with Crippen LogP contribution in [0, 0.1) is 0 Å². The molecule has 0 aliphatic carbocycles. The molecular formula is C14H21ClN2OS. The number of halogens is 1. The summed E-state index contributed by atoms with van der Waals surface area (Å²) in [6.07, 6.45) is 3.56. The van der Waals surface area contributed by atoms with Crippen molar-refractivity contribution in [3.63, 3.8) is 0 Å². The summed E-state index contributed by atoms with van der Waals surface area (Å²) in [7, 11) is 0. The molecule has 1 aromatic carbocycles. The van der Waals surface area contributed by atoms with Crippen LogP contribution in [0.5, 0.6) is 0 Å². The summed E-state index contributed by atoms with van der Waals surface area (Å²) < 4.78 is 0. The number of carbonyl (C=O) groups is 1. The van der Waals surface area contributed by atoms with Gasteiger partial charge in [0.05, 0.1) is 16.1 Å². The van der Waals surface area contributed by atoms with E-state index in [4.69, 9.17) is 17.3 Å².